The van der Waals surface area contributed by atoms with E-state index in [4.69, 9.17) is 28.4 Å². The number of carbonyl (C=O) groups excluding carboxylic acids is 1. The average Bonchev–Trinajstić information content (AvgIpc) is 3.51. The summed E-state index contributed by atoms with van der Waals surface area (Å²) in [6, 6.07) is -0.993. The van der Waals surface area contributed by atoms with E-state index in [2.05, 4.69) is 67.8 Å². The summed E-state index contributed by atoms with van der Waals surface area (Å²) in [4.78, 5) is 13.3. The van der Waals surface area contributed by atoms with Crippen molar-refractivity contribution in [3.05, 3.63) is 60.8 Å². The fourth-order valence-corrected chi connectivity index (χ4v) is 10.2. The van der Waals surface area contributed by atoms with Gasteiger partial charge < -0.3 is 89.9 Å². The van der Waals surface area contributed by atoms with Crippen LogP contribution in [0.25, 0.3) is 0 Å². The van der Waals surface area contributed by atoms with E-state index in [1.54, 1.807) is 6.08 Å². The van der Waals surface area contributed by atoms with Crippen molar-refractivity contribution >= 4 is 5.91 Å². The Hall–Kier alpha value is -2.51. The predicted molar refractivity (Wildman–Crippen MR) is 309 cm³/mol. The number of hydrogen-bond acceptors (Lipinski definition) is 18. The zero-order valence-corrected chi connectivity index (χ0v) is 49.0. The highest BCUT2D eigenvalue weighted by Gasteiger charge is 2.53. The van der Waals surface area contributed by atoms with E-state index < -0.39 is 124 Å². The molecule has 1 amide bonds. The number of aliphatic hydroxyl groups is 11. The molecule has 17 atom stereocenters. The highest BCUT2D eigenvalue weighted by Crippen LogP contribution is 2.33. The van der Waals surface area contributed by atoms with Crippen molar-refractivity contribution in [2.45, 2.75) is 298 Å². The second-order valence-corrected chi connectivity index (χ2v) is 22.2. The molecule has 0 aromatic carbocycles. The van der Waals surface area contributed by atoms with E-state index in [0.29, 0.717) is 12.8 Å². The first-order valence-electron chi connectivity index (χ1n) is 31.0. The molecule has 19 nitrogen and oxygen atoms in total. The summed E-state index contributed by atoms with van der Waals surface area (Å²) in [6.45, 7) is 1.64. The maximum Gasteiger partial charge on any atom is 0.220 e. The molecule has 3 fully saturated rings. The molecule has 0 spiro atoms. The lowest BCUT2D eigenvalue weighted by Gasteiger charge is -2.48. The third kappa shape index (κ3) is 28.5. The van der Waals surface area contributed by atoms with E-state index in [1.807, 2.05) is 6.08 Å². The van der Waals surface area contributed by atoms with Gasteiger partial charge in [0.1, 0.15) is 73.2 Å². The van der Waals surface area contributed by atoms with Crippen molar-refractivity contribution in [3.63, 3.8) is 0 Å². The van der Waals surface area contributed by atoms with Crippen LogP contribution in [0.2, 0.25) is 0 Å². The smallest absolute Gasteiger partial charge is 0.220 e. The van der Waals surface area contributed by atoms with Gasteiger partial charge >= 0.3 is 0 Å². The van der Waals surface area contributed by atoms with E-state index in [-0.39, 0.29) is 18.9 Å². The van der Waals surface area contributed by atoms with E-state index in [9.17, 15) is 61.0 Å². The first-order valence-corrected chi connectivity index (χ1v) is 31.0. The molecular formula is C62H109NO18. The van der Waals surface area contributed by atoms with Crippen LogP contribution in [-0.4, -0.2) is 193 Å². The molecule has 3 aliphatic heterocycles. The van der Waals surface area contributed by atoms with Gasteiger partial charge in [-0.15, -0.1) is 0 Å². The monoisotopic (exact) mass is 1160 g/mol. The van der Waals surface area contributed by atoms with Crippen molar-refractivity contribution < 1.29 is 89.4 Å². The van der Waals surface area contributed by atoms with Gasteiger partial charge in [-0.2, -0.15) is 0 Å². The van der Waals surface area contributed by atoms with Crippen LogP contribution in [-0.2, 0) is 33.2 Å². The standard InChI is InChI=1S/C62H109NO18/c1-3-5-7-9-11-13-15-16-17-18-19-20-21-22-23-24-25-26-27-28-30-32-34-36-38-40-50(68)63-45(46(67)39-37-35-33-31-29-14-12-10-8-6-4-2)44-76-60-56(74)53(71)58(48(42-65)78-60)81-62-57(75)54(72)59(49(43-66)79-62)80-61-55(73)52(70)51(69)47(41-64)77-61/h15-16,18-19,21-22,29,31,37,39,45-49,51-62,64-67,69-75H,3-14,17,20,23-28,30,32-36,38,40-44H2,1-2H3,(H,63,68)/b16-15-,19-18-,22-21-,31-29+,39-37+. The summed E-state index contributed by atoms with van der Waals surface area (Å²) in [7, 11) is 0. The minimum Gasteiger partial charge on any atom is -0.394 e. The highest BCUT2D eigenvalue weighted by atomic mass is 16.8. The van der Waals surface area contributed by atoms with Crippen LogP contribution < -0.4 is 5.32 Å². The van der Waals surface area contributed by atoms with Gasteiger partial charge in [0.15, 0.2) is 18.9 Å². The van der Waals surface area contributed by atoms with Crippen LogP contribution >= 0.6 is 0 Å². The molecule has 81 heavy (non-hydrogen) atoms. The van der Waals surface area contributed by atoms with Gasteiger partial charge in [-0.3, -0.25) is 4.79 Å². The number of aliphatic hydroxyl groups excluding tert-OH is 11. The Balaban J connectivity index is 1.45. The predicted octanol–water partition coefficient (Wildman–Crippen LogP) is 6.04. The third-order valence-corrected chi connectivity index (χ3v) is 15.3. The Morgan fingerprint density at radius 1 is 0.444 bits per heavy atom. The molecule has 0 aromatic heterocycles. The molecule has 12 N–H and O–H groups in total. The Kier molecular flexibility index (Phi) is 40.3. The minimum atomic E-state index is -1.98. The summed E-state index contributed by atoms with van der Waals surface area (Å²) >= 11 is 0. The Morgan fingerprint density at radius 3 is 1.32 bits per heavy atom. The number of ether oxygens (including phenoxy) is 6. The number of allylic oxidation sites excluding steroid dienone is 9. The largest absolute Gasteiger partial charge is 0.394 e. The lowest BCUT2D eigenvalue weighted by molar-refractivity contribution is -0.379. The number of unbranched alkanes of at least 4 members (excludes halogenated alkanes) is 21. The van der Waals surface area contributed by atoms with E-state index >= 15 is 0 Å². The van der Waals surface area contributed by atoms with Gasteiger partial charge in [0, 0.05) is 6.42 Å². The van der Waals surface area contributed by atoms with Gasteiger partial charge in [0.05, 0.1) is 38.6 Å². The number of amides is 1. The van der Waals surface area contributed by atoms with Crippen molar-refractivity contribution in [1.82, 2.24) is 5.32 Å². The zero-order chi connectivity index (χ0) is 59.0. The van der Waals surface area contributed by atoms with Crippen molar-refractivity contribution in [2.24, 2.45) is 0 Å². The van der Waals surface area contributed by atoms with E-state index in [1.165, 1.54) is 96.3 Å². The SMILES string of the molecule is CCCCCCC/C=C\C/C=C\C/C=C\CCCCCCCCCCCCC(=O)NC(COC1OC(CO)C(OC2OC(CO)C(OC3OC(CO)C(O)C(O)C3O)C(O)C2O)C(O)C1O)C(O)/C=C/CC/C=C/CCCCCCC. The van der Waals surface area contributed by atoms with Gasteiger partial charge in [-0.25, -0.2) is 0 Å². The quantitative estimate of drug-likeness (QED) is 0.0244. The highest BCUT2D eigenvalue weighted by molar-refractivity contribution is 5.76. The topological polar surface area (TPSA) is 307 Å². The second kappa shape index (κ2) is 44.9. The fourth-order valence-electron chi connectivity index (χ4n) is 10.2. The lowest BCUT2D eigenvalue weighted by Crippen LogP contribution is -2.66. The molecule has 3 rings (SSSR count). The first-order chi connectivity index (χ1) is 39.3. The summed E-state index contributed by atoms with van der Waals surface area (Å²) in [5.41, 5.74) is 0. The summed E-state index contributed by atoms with van der Waals surface area (Å²) in [5, 5.41) is 120. The summed E-state index contributed by atoms with van der Waals surface area (Å²) in [6.07, 6.45) is 25.0. The second-order valence-electron chi connectivity index (χ2n) is 22.2. The molecule has 0 saturated carbocycles. The van der Waals surface area contributed by atoms with Crippen molar-refractivity contribution in [2.75, 3.05) is 26.4 Å². The van der Waals surface area contributed by atoms with Gasteiger partial charge in [0.2, 0.25) is 5.91 Å². The van der Waals surface area contributed by atoms with Crippen LogP contribution in [0.1, 0.15) is 194 Å². The minimum absolute atomic E-state index is 0.228. The number of nitrogens with one attached hydrogen (secondary N) is 1. The normalized spacial score (nSPS) is 30.2. The molecule has 0 aromatic rings. The molecule has 19 heteroatoms. The van der Waals surface area contributed by atoms with Gasteiger partial charge in [-0.05, 0) is 70.6 Å². The molecule has 17 unspecified atom stereocenters. The van der Waals surface area contributed by atoms with Crippen LogP contribution in [0.4, 0.5) is 0 Å². The van der Waals surface area contributed by atoms with Crippen molar-refractivity contribution in [1.29, 1.82) is 0 Å². The van der Waals surface area contributed by atoms with Crippen LogP contribution in [0.15, 0.2) is 60.8 Å². The lowest BCUT2D eigenvalue weighted by atomic mass is 9.96. The van der Waals surface area contributed by atoms with Gasteiger partial charge in [-0.1, -0.05) is 177 Å². The van der Waals surface area contributed by atoms with Crippen LogP contribution in [0.3, 0.4) is 0 Å². The third-order valence-electron chi connectivity index (χ3n) is 15.3. The summed E-state index contributed by atoms with van der Waals surface area (Å²) < 4.78 is 34.2. The molecular weight excluding hydrogens is 1050 g/mol. The van der Waals surface area contributed by atoms with Crippen LogP contribution in [0.5, 0.6) is 0 Å². The average molecular weight is 1160 g/mol. The van der Waals surface area contributed by atoms with E-state index in [0.717, 1.165) is 64.2 Å². The molecule has 0 aliphatic carbocycles. The number of carbonyl (C=O) groups is 1. The zero-order valence-electron chi connectivity index (χ0n) is 49.0. The Morgan fingerprint density at radius 2 is 0.827 bits per heavy atom. The molecule has 3 saturated heterocycles. The number of hydrogen-bond donors (Lipinski definition) is 12. The van der Waals surface area contributed by atoms with Crippen LogP contribution in [0, 0.1) is 0 Å². The molecule has 470 valence electrons. The molecule has 3 aliphatic rings. The molecule has 0 bridgehead atoms. The maximum atomic E-state index is 13.3. The van der Waals surface area contributed by atoms with Gasteiger partial charge in [0.25, 0.3) is 0 Å². The van der Waals surface area contributed by atoms with Crippen molar-refractivity contribution in [3.8, 4) is 0 Å². The maximum absolute atomic E-state index is 13.3. The molecule has 3 heterocycles. The summed E-state index contributed by atoms with van der Waals surface area (Å²) in [5.74, 6) is -0.294. The molecule has 0 radical (unpaired) electrons. The fraction of sp³-hybridized carbons (Fsp3) is 0.823. The Bertz CT molecular complexity index is 1710. The number of rotatable bonds is 45. The Labute approximate surface area is 484 Å². The first kappa shape index (κ1) is 72.7.